The van der Waals surface area contributed by atoms with Gasteiger partial charge in [0.1, 0.15) is 0 Å². The molecule has 0 bridgehead atoms. The van der Waals surface area contributed by atoms with E-state index in [1.807, 2.05) is 0 Å². The van der Waals surface area contributed by atoms with E-state index in [0.717, 1.165) is 0 Å². The first-order valence-corrected chi connectivity index (χ1v) is 5.32. The molecule has 0 aromatic heterocycles. The van der Waals surface area contributed by atoms with Gasteiger partial charge in [0.05, 0.1) is 0 Å². The number of rotatable bonds is 1. The van der Waals surface area contributed by atoms with E-state index >= 15 is 0 Å². The molecule has 0 radical (unpaired) electrons. The van der Waals surface area contributed by atoms with Gasteiger partial charge in [-0.2, -0.15) is 6.49 Å². The smallest absolute Gasteiger partial charge is 0.829 e. The van der Waals surface area contributed by atoms with Crippen molar-refractivity contribution in [2.45, 2.75) is 0 Å². The quantitative estimate of drug-likeness (QED) is 0.368. The van der Waals surface area contributed by atoms with Gasteiger partial charge in [-0.25, -0.2) is 0 Å². The van der Waals surface area contributed by atoms with Crippen molar-refractivity contribution in [3.05, 3.63) is 30.3 Å². The Bertz CT molecular complexity index is 262. The molecule has 1 aromatic carbocycles. The second kappa shape index (κ2) is 8.24. The van der Waals surface area contributed by atoms with Crippen LogP contribution in [-0.4, -0.2) is 0 Å². The van der Waals surface area contributed by atoms with Gasteiger partial charge in [-0.05, 0) is 5.30 Å². The summed E-state index contributed by atoms with van der Waals surface area (Å²) in [6, 6.07) is 8.01. The van der Waals surface area contributed by atoms with Crippen LogP contribution in [0.5, 0.6) is 0 Å². The minimum Gasteiger partial charge on any atom is -0.829 e. The summed E-state index contributed by atoms with van der Waals surface area (Å²) in [5.74, 6) is 0. The normalized spacial score (nSPS) is 9.50. The Labute approximate surface area is 162 Å². The molecule has 54 valence electrons. The second-order valence-corrected chi connectivity index (χ2v) is 4.79. The summed E-state index contributed by atoms with van der Waals surface area (Å²) in [5, 5.41) is 0.213. The molecule has 12 heavy (non-hydrogen) atoms. The Kier molecular flexibility index (Phi) is 12.0. The molecule has 2 nitrogen and oxygen atoms in total. The van der Waals surface area contributed by atoms with E-state index in [1.54, 1.807) is 18.2 Å². The summed E-state index contributed by atoms with van der Waals surface area (Å²) in [4.78, 5) is 21.4. The Morgan fingerprint density at radius 3 is 1.67 bits per heavy atom. The van der Waals surface area contributed by atoms with Gasteiger partial charge in [0, 0.05) is 0 Å². The van der Waals surface area contributed by atoms with E-state index < -0.39 is 6.49 Å². The zero-order valence-corrected chi connectivity index (χ0v) is 15.0. The maximum atomic E-state index is 10.7. The third-order valence-corrected chi connectivity index (χ3v) is 2.64. The monoisotopic (exact) mass is 250 g/mol. The molecule has 0 saturated carbocycles. The first kappa shape index (κ1) is 17.5. The molecule has 0 aliphatic heterocycles. The molecule has 0 aliphatic carbocycles. The van der Waals surface area contributed by atoms with Crippen molar-refractivity contribution < 1.29 is 113 Å². The maximum absolute atomic E-state index is 10.7. The fourth-order valence-corrected chi connectivity index (χ4v) is 1.51. The van der Waals surface area contributed by atoms with Crippen molar-refractivity contribution in [3.63, 3.8) is 0 Å². The zero-order chi connectivity index (χ0) is 7.61. The summed E-state index contributed by atoms with van der Waals surface area (Å²) in [5.41, 5.74) is 0. The SMILES string of the molecule is [K+].[K+].[O-]P([O-])(=S)c1ccccc1. The minimum atomic E-state index is -3.68. The number of hydrogen-bond donors (Lipinski definition) is 0. The van der Waals surface area contributed by atoms with Gasteiger partial charge < -0.3 is 9.79 Å². The molecule has 0 heterocycles. The van der Waals surface area contributed by atoms with Crippen LogP contribution in [0.3, 0.4) is 0 Å². The molecule has 1 aromatic rings. The van der Waals surface area contributed by atoms with Gasteiger partial charge in [-0.15, -0.1) is 11.8 Å². The molecule has 6 heteroatoms. The van der Waals surface area contributed by atoms with Gasteiger partial charge in [0.25, 0.3) is 0 Å². The maximum Gasteiger partial charge on any atom is 1.00 e. The fraction of sp³-hybridized carbons (Fsp3) is 0. The number of benzene rings is 1. The first-order valence-electron chi connectivity index (χ1n) is 2.68. The Hall–Kier alpha value is 3.06. The van der Waals surface area contributed by atoms with Crippen molar-refractivity contribution in [1.29, 1.82) is 0 Å². The fourth-order valence-electron chi connectivity index (χ4n) is 0.611. The van der Waals surface area contributed by atoms with Crippen molar-refractivity contribution >= 4 is 23.6 Å². The van der Waals surface area contributed by atoms with Gasteiger partial charge in [-0.1, -0.05) is 30.3 Å². The molecule has 0 fully saturated rings. The van der Waals surface area contributed by atoms with E-state index in [-0.39, 0.29) is 108 Å². The molecule has 1 rings (SSSR count). The van der Waals surface area contributed by atoms with Crippen LogP contribution in [0.25, 0.3) is 0 Å². The average Bonchev–Trinajstić information content (AvgIpc) is 1.88. The van der Waals surface area contributed by atoms with Gasteiger partial charge in [-0.3, -0.25) is 0 Å². The Morgan fingerprint density at radius 1 is 1.00 bits per heavy atom. The summed E-state index contributed by atoms with van der Waals surface area (Å²) in [7, 11) is 0. The van der Waals surface area contributed by atoms with E-state index in [1.165, 1.54) is 12.1 Å². The summed E-state index contributed by atoms with van der Waals surface area (Å²) < 4.78 is 0. The van der Waals surface area contributed by atoms with E-state index in [2.05, 4.69) is 11.8 Å². The third kappa shape index (κ3) is 6.53. The molecule has 0 atom stereocenters. The molecule has 0 saturated heterocycles. The third-order valence-electron chi connectivity index (χ3n) is 1.07. The average molecular weight is 250 g/mol. The first-order chi connectivity index (χ1) is 4.61. The van der Waals surface area contributed by atoms with Crippen LogP contribution in [0.1, 0.15) is 0 Å². The minimum absolute atomic E-state index is 0. The van der Waals surface area contributed by atoms with Crippen LogP contribution >= 0.6 is 6.49 Å². The van der Waals surface area contributed by atoms with Gasteiger partial charge in [0.2, 0.25) is 0 Å². The van der Waals surface area contributed by atoms with Crippen molar-refractivity contribution in [3.8, 4) is 0 Å². The number of hydrogen-bond acceptors (Lipinski definition) is 3. The van der Waals surface area contributed by atoms with E-state index in [4.69, 9.17) is 0 Å². The molecular formula is C6H5K2O2PS. The summed E-state index contributed by atoms with van der Waals surface area (Å²) in [6.45, 7) is -3.68. The van der Waals surface area contributed by atoms with Crippen LogP contribution in [0.2, 0.25) is 0 Å². The zero-order valence-electron chi connectivity index (χ0n) is 7.06. The van der Waals surface area contributed by atoms with Gasteiger partial charge >= 0.3 is 103 Å². The molecule has 0 amide bonds. The summed E-state index contributed by atoms with van der Waals surface area (Å²) >= 11 is 4.25. The van der Waals surface area contributed by atoms with Crippen LogP contribution in [0.4, 0.5) is 0 Å². The second-order valence-electron chi connectivity index (χ2n) is 1.83. The van der Waals surface area contributed by atoms with Crippen LogP contribution < -0.4 is 118 Å². The Morgan fingerprint density at radius 2 is 1.42 bits per heavy atom. The standard InChI is InChI=1S/C6H7O2PS.2K/c7-9(8,10)6-4-2-1-3-5-6;;/h1-5H,(H2,7,8,10);;/q;2*+1/p-2. The molecule has 0 N–H and O–H groups in total. The Balaban J connectivity index is 0. The van der Waals surface area contributed by atoms with Crippen LogP contribution in [0, 0.1) is 0 Å². The largest absolute Gasteiger partial charge is 1.00 e. The van der Waals surface area contributed by atoms with Crippen molar-refractivity contribution in [2.24, 2.45) is 0 Å². The van der Waals surface area contributed by atoms with Crippen molar-refractivity contribution in [2.75, 3.05) is 0 Å². The predicted octanol–water partition coefficient (Wildman–Crippen LogP) is -6.65. The molecule has 0 aliphatic rings. The predicted molar refractivity (Wildman–Crippen MR) is 40.4 cm³/mol. The van der Waals surface area contributed by atoms with E-state index in [9.17, 15) is 9.79 Å². The van der Waals surface area contributed by atoms with Crippen molar-refractivity contribution in [1.82, 2.24) is 0 Å². The summed E-state index contributed by atoms with van der Waals surface area (Å²) in [6.07, 6.45) is 0. The van der Waals surface area contributed by atoms with Crippen LogP contribution in [0.15, 0.2) is 30.3 Å². The van der Waals surface area contributed by atoms with Crippen LogP contribution in [-0.2, 0) is 11.8 Å². The topological polar surface area (TPSA) is 46.1 Å². The molecule has 0 spiro atoms. The molecule has 0 unspecified atom stereocenters. The van der Waals surface area contributed by atoms with Gasteiger partial charge in [0.15, 0.2) is 0 Å². The van der Waals surface area contributed by atoms with E-state index in [0.29, 0.717) is 0 Å². The molecular weight excluding hydrogens is 245 g/mol.